The molecular formula is C31H45NO6. The van der Waals surface area contributed by atoms with Gasteiger partial charge in [-0.1, -0.05) is 26.8 Å². The molecule has 5 rings (SSSR count). The number of phenolic OH excluding ortho intramolecular Hbond substituents is 1. The summed E-state index contributed by atoms with van der Waals surface area (Å²) in [6, 6.07) is 4.72. The van der Waals surface area contributed by atoms with Gasteiger partial charge in [0.2, 0.25) is 0 Å². The van der Waals surface area contributed by atoms with Crippen molar-refractivity contribution >= 4 is 17.6 Å². The summed E-state index contributed by atoms with van der Waals surface area (Å²) in [6.07, 6.45) is 8.11. The van der Waals surface area contributed by atoms with Crippen LogP contribution in [0.2, 0.25) is 0 Å². The van der Waals surface area contributed by atoms with E-state index in [0.717, 1.165) is 57.8 Å². The number of hydrogen-bond donors (Lipinski definition) is 4. The van der Waals surface area contributed by atoms with Crippen molar-refractivity contribution in [3.8, 4) is 5.75 Å². The predicted octanol–water partition coefficient (Wildman–Crippen LogP) is 5.63. The van der Waals surface area contributed by atoms with Gasteiger partial charge in [-0.3, -0.25) is 4.79 Å². The first-order chi connectivity index (χ1) is 18.0. The Kier molecular flexibility index (Phi) is 7.21. The van der Waals surface area contributed by atoms with Gasteiger partial charge in [-0.15, -0.1) is 0 Å². The number of carboxylic acids is 1. The number of phenols is 1. The van der Waals surface area contributed by atoms with E-state index in [1.807, 2.05) is 0 Å². The number of rotatable bonds is 6. The van der Waals surface area contributed by atoms with Crippen LogP contribution in [0.3, 0.4) is 0 Å². The average molecular weight is 528 g/mol. The highest BCUT2D eigenvalue weighted by molar-refractivity contribution is 5.94. The summed E-state index contributed by atoms with van der Waals surface area (Å²) in [5, 5.41) is 31.0. The van der Waals surface area contributed by atoms with Crippen molar-refractivity contribution in [3.05, 3.63) is 23.8 Å². The van der Waals surface area contributed by atoms with Gasteiger partial charge in [0.15, 0.2) is 5.75 Å². The van der Waals surface area contributed by atoms with Crippen LogP contribution in [0.25, 0.3) is 0 Å². The van der Waals surface area contributed by atoms with Crippen LogP contribution in [-0.4, -0.2) is 39.5 Å². The van der Waals surface area contributed by atoms with Crippen LogP contribution >= 0.6 is 0 Å². The van der Waals surface area contributed by atoms with E-state index in [1.165, 1.54) is 6.07 Å². The second-order valence-corrected chi connectivity index (χ2v) is 13.5. The number of nitrogens with two attached hydrogens (primary N) is 1. The maximum Gasteiger partial charge on any atom is 0.342 e. The number of aliphatic carboxylic acids is 1. The van der Waals surface area contributed by atoms with E-state index in [1.54, 1.807) is 12.1 Å². The molecule has 0 aromatic heterocycles. The minimum atomic E-state index is -0.715. The zero-order valence-corrected chi connectivity index (χ0v) is 23.1. The lowest BCUT2D eigenvalue weighted by atomic mass is 9.43. The van der Waals surface area contributed by atoms with Crippen LogP contribution in [0, 0.1) is 46.3 Å². The Morgan fingerprint density at radius 2 is 1.79 bits per heavy atom. The molecule has 210 valence electrons. The highest BCUT2D eigenvalue weighted by Gasteiger charge is 2.63. The van der Waals surface area contributed by atoms with E-state index in [4.69, 9.17) is 10.5 Å². The summed E-state index contributed by atoms with van der Waals surface area (Å²) in [7, 11) is 0. The monoisotopic (exact) mass is 527 g/mol. The van der Waals surface area contributed by atoms with Crippen molar-refractivity contribution in [2.24, 2.45) is 46.3 Å². The zero-order valence-electron chi connectivity index (χ0n) is 23.1. The Balaban J connectivity index is 1.28. The minimum absolute atomic E-state index is 0.0991. The Hall–Kier alpha value is -2.28. The number of esters is 1. The second-order valence-electron chi connectivity index (χ2n) is 13.5. The number of carboxylic acid groups (broad SMARTS) is 1. The van der Waals surface area contributed by atoms with Crippen molar-refractivity contribution in [1.82, 2.24) is 0 Å². The van der Waals surface area contributed by atoms with Crippen LogP contribution < -0.4 is 5.73 Å². The third kappa shape index (κ3) is 4.48. The molecule has 0 spiro atoms. The summed E-state index contributed by atoms with van der Waals surface area (Å²) in [5.41, 5.74) is 6.29. The standard InChI is InChI=1S/C31H45NO6/c1-17(7-10-26(34)35)21-8-9-22-27-23(12-14-31(21,22)3)30(2)13-11-19(15-18(30)16-25(27)33)38-29(37)20-5-4-6-24(32)28(20)36/h4-6,17-19,21-23,25,27,33,36H,7-16,32H2,1-3H3,(H,34,35)/t17-,18?,19+,21-,22+,23+,25+,27+,30+,31-/m1/s1. The number of anilines is 1. The lowest BCUT2D eigenvalue weighted by Crippen LogP contribution is -2.58. The molecule has 1 aromatic rings. The fraction of sp³-hybridized carbons (Fsp3) is 0.742. The van der Waals surface area contributed by atoms with E-state index in [0.29, 0.717) is 23.7 Å². The fourth-order valence-electron chi connectivity index (χ4n) is 9.76. The van der Waals surface area contributed by atoms with Gasteiger partial charge in [0.1, 0.15) is 11.7 Å². The maximum absolute atomic E-state index is 12.8. The molecule has 0 amide bonds. The summed E-state index contributed by atoms with van der Waals surface area (Å²) < 4.78 is 5.87. The summed E-state index contributed by atoms with van der Waals surface area (Å²) in [4.78, 5) is 24.0. The van der Waals surface area contributed by atoms with Gasteiger partial charge in [-0.2, -0.15) is 0 Å². The van der Waals surface area contributed by atoms with Crippen LogP contribution in [0.5, 0.6) is 5.75 Å². The summed E-state index contributed by atoms with van der Waals surface area (Å²) in [6.45, 7) is 7.06. The van der Waals surface area contributed by atoms with Crippen molar-refractivity contribution in [2.45, 2.75) is 97.2 Å². The first-order valence-corrected chi connectivity index (χ1v) is 14.6. The fourth-order valence-corrected chi connectivity index (χ4v) is 9.76. The lowest BCUT2D eigenvalue weighted by molar-refractivity contribution is -0.174. The van der Waals surface area contributed by atoms with Crippen LogP contribution in [0.4, 0.5) is 5.69 Å². The van der Waals surface area contributed by atoms with Gasteiger partial charge in [0.05, 0.1) is 11.8 Å². The molecule has 0 bridgehead atoms. The smallest absolute Gasteiger partial charge is 0.342 e. The van der Waals surface area contributed by atoms with Crippen LogP contribution in [0.1, 0.15) is 95.3 Å². The number of fused-ring (bicyclic) bond motifs is 5. The van der Waals surface area contributed by atoms with Gasteiger partial charge < -0.3 is 25.8 Å². The van der Waals surface area contributed by atoms with Gasteiger partial charge in [0, 0.05) is 6.42 Å². The molecule has 0 aliphatic heterocycles. The maximum atomic E-state index is 12.8. The minimum Gasteiger partial charge on any atom is -0.505 e. The summed E-state index contributed by atoms with van der Waals surface area (Å²) in [5.74, 6) is 0.922. The Morgan fingerprint density at radius 1 is 1.08 bits per heavy atom. The zero-order chi connectivity index (χ0) is 27.4. The highest BCUT2D eigenvalue weighted by atomic mass is 16.5. The number of carbonyl (C=O) groups excluding carboxylic acids is 1. The number of aliphatic hydroxyl groups excluding tert-OH is 1. The van der Waals surface area contributed by atoms with E-state index in [2.05, 4.69) is 20.8 Å². The first kappa shape index (κ1) is 27.3. The second kappa shape index (κ2) is 10.0. The lowest BCUT2D eigenvalue weighted by Gasteiger charge is -2.62. The molecule has 4 saturated carbocycles. The summed E-state index contributed by atoms with van der Waals surface area (Å²) >= 11 is 0. The quantitative estimate of drug-likeness (QED) is 0.214. The molecule has 1 aromatic carbocycles. The third-order valence-electron chi connectivity index (χ3n) is 11.8. The van der Waals surface area contributed by atoms with Gasteiger partial charge in [0.25, 0.3) is 0 Å². The topological polar surface area (TPSA) is 130 Å². The molecule has 4 aliphatic rings. The van der Waals surface area contributed by atoms with Gasteiger partial charge in [-0.05, 0) is 116 Å². The van der Waals surface area contributed by atoms with E-state index >= 15 is 0 Å². The molecular weight excluding hydrogens is 482 g/mol. The van der Waals surface area contributed by atoms with Crippen molar-refractivity contribution in [2.75, 3.05) is 5.73 Å². The number of aliphatic hydroxyl groups is 1. The first-order valence-electron chi connectivity index (χ1n) is 14.6. The third-order valence-corrected chi connectivity index (χ3v) is 11.8. The van der Waals surface area contributed by atoms with Crippen LogP contribution in [-0.2, 0) is 9.53 Å². The molecule has 4 aliphatic carbocycles. The molecule has 7 nitrogen and oxygen atoms in total. The normalized spacial score (nSPS) is 40.9. The van der Waals surface area contributed by atoms with Gasteiger partial charge >= 0.3 is 11.9 Å². The Morgan fingerprint density at radius 3 is 2.53 bits per heavy atom. The molecule has 0 radical (unpaired) electrons. The van der Waals surface area contributed by atoms with E-state index < -0.39 is 11.9 Å². The number of benzene rings is 1. The number of nitrogen functional groups attached to an aromatic ring is 1. The predicted molar refractivity (Wildman–Crippen MR) is 144 cm³/mol. The molecule has 1 unspecified atom stereocenters. The SMILES string of the molecule is C[C@H](CCC(=O)O)[C@H]1CC[C@H]2[C@@H]3[C@@H](O)CC4C[C@@H](OC(=O)c5cccc(N)c5O)CC[C@]4(C)[C@H]3CC[C@]12C. The molecule has 0 heterocycles. The largest absolute Gasteiger partial charge is 0.505 e. The molecule has 38 heavy (non-hydrogen) atoms. The van der Waals surface area contributed by atoms with Gasteiger partial charge in [-0.25, -0.2) is 4.79 Å². The molecule has 0 saturated heterocycles. The number of ether oxygens (including phenoxy) is 1. The Labute approximate surface area is 226 Å². The van der Waals surface area contributed by atoms with Crippen LogP contribution in [0.15, 0.2) is 18.2 Å². The highest BCUT2D eigenvalue weighted by Crippen LogP contribution is 2.68. The van der Waals surface area contributed by atoms with E-state index in [9.17, 15) is 24.9 Å². The van der Waals surface area contributed by atoms with Crippen molar-refractivity contribution in [3.63, 3.8) is 0 Å². The Bertz CT molecular complexity index is 1070. The number of hydrogen-bond acceptors (Lipinski definition) is 6. The van der Waals surface area contributed by atoms with Crippen molar-refractivity contribution in [1.29, 1.82) is 0 Å². The molecule has 7 heteroatoms. The number of para-hydroxylation sites is 1. The number of carbonyl (C=O) groups is 2. The molecule has 4 fully saturated rings. The molecule has 5 N–H and O–H groups in total. The number of aromatic hydroxyl groups is 1. The van der Waals surface area contributed by atoms with Crippen molar-refractivity contribution < 1.29 is 29.6 Å². The molecule has 10 atom stereocenters. The van der Waals surface area contributed by atoms with E-state index in [-0.39, 0.29) is 58.3 Å². The average Bonchev–Trinajstić information content (AvgIpc) is 3.22.